The first-order valence-corrected chi connectivity index (χ1v) is 3.14. The normalized spacial score (nSPS) is 11.8. The first-order valence-electron chi connectivity index (χ1n) is 3.14. The highest BCUT2D eigenvalue weighted by atomic mass is 16.7. The number of carbonyl (C=O) groups excluding carboxylic acids is 1. The van der Waals surface area contributed by atoms with Gasteiger partial charge in [0.1, 0.15) is 0 Å². The van der Waals surface area contributed by atoms with Crippen molar-refractivity contribution in [3.05, 3.63) is 0 Å². The van der Waals surface area contributed by atoms with Crippen molar-refractivity contribution in [2.75, 3.05) is 6.61 Å². The van der Waals surface area contributed by atoms with Crippen LogP contribution in [0.1, 0.15) is 13.8 Å². The smallest absolute Gasteiger partial charge is 0.479 e. The van der Waals surface area contributed by atoms with E-state index in [0.29, 0.717) is 0 Å². The molecule has 0 aliphatic carbocycles. The summed E-state index contributed by atoms with van der Waals surface area (Å²) in [6.07, 6.45) is -2.11. The van der Waals surface area contributed by atoms with Gasteiger partial charge in [0.15, 0.2) is 6.10 Å². The summed E-state index contributed by atoms with van der Waals surface area (Å²) in [4.78, 5) is 20.6. The Hall–Kier alpha value is -1.26. The van der Waals surface area contributed by atoms with E-state index in [1.807, 2.05) is 0 Å². The largest absolute Gasteiger partial charge is 0.509 e. The van der Waals surface area contributed by atoms with E-state index in [1.165, 1.54) is 6.92 Å². The lowest BCUT2D eigenvalue weighted by Crippen LogP contribution is -2.24. The van der Waals surface area contributed by atoms with Crippen molar-refractivity contribution < 1.29 is 24.2 Å². The molecule has 0 heterocycles. The fourth-order valence-corrected chi connectivity index (χ4v) is 0.347. The van der Waals surface area contributed by atoms with Crippen molar-refractivity contribution in [2.45, 2.75) is 20.0 Å². The van der Waals surface area contributed by atoms with E-state index in [0.717, 1.165) is 0 Å². The van der Waals surface area contributed by atoms with Crippen LogP contribution in [0.2, 0.25) is 0 Å². The minimum atomic E-state index is -1.20. The zero-order valence-electron chi connectivity index (χ0n) is 6.36. The summed E-state index contributed by atoms with van der Waals surface area (Å²) in [5, 5.41) is 8.27. The summed E-state index contributed by atoms with van der Waals surface area (Å²) in [7, 11) is 0. The van der Waals surface area contributed by atoms with Crippen molar-refractivity contribution in [1.82, 2.24) is 0 Å². The number of carbonyl (C=O) groups is 2. The number of ether oxygens (including phenoxy) is 2. The van der Waals surface area contributed by atoms with Gasteiger partial charge in [-0.2, -0.15) is 0 Å². The van der Waals surface area contributed by atoms with Gasteiger partial charge in [0, 0.05) is 0 Å². The second-order valence-electron chi connectivity index (χ2n) is 1.78. The van der Waals surface area contributed by atoms with Crippen LogP contribution in [0.3, 0.4) is 0 Å². The highest BCUT2D eigenvalue weighted by Gasteiger charge is 2.16. The predicted octanol–water partition coefficient (Wildman–Crippen LogP) is 0.633. The fraction of sp³-hybridized carbons (Fsp3) is 0.667. The number of aliphatic carboxylic acids is 1. The number of rotatable bonds is 3. The number of carboxylic acids is 1. The molecule has 0 bridgehead atoms. The molecule has 0 fully saturated rings. The Morgan fingerprint density at radius 2 is 2.09 bits per heavy atom. The van der Waals surface area contributed by atoms with Crippen LogP contribution in [0.15, 0.2) is 0 Å². The highest BCUT2D eigenvalue weighted by Crippen LogP contribution is 1.93. The molecular weight excluding hydrogens is 152 g/mol. The summed E-state index contributed by atoms with van der Waals surface area (Å²) in [6, 6.07) is 0. The summed E-state index contributed by atoms with van der Waals surface area (Å²) >= 11 is 0. The molecule has 0 aliphatic rings. The van der Waals surface area contributed by atoms with Crippen LogP contribution in [0.5, 0.6) is 0 Å². The van der Waals surface area contributed by atoms with E-state index >= 15 is 0 Å². The zero-order valence-corrected chi connectivity index (χ0v) is 6.36. The van der Waals surface area contributed by atoms with E-state index in [9.17, 15) is 9.59 Å². The van der Waals surface area contributed by atoms with Gasteiger partial charge in [-0.1, -0.05) is 0 Å². The van der Waals surface area contributed by atoms with Crippen molar-refractivity contribution >= 4 is 12.1 Å². The Morgan fingerprint density at radius 3 is 2.45 bits per heavy atom. The lowest BCUT2D eigenvalue weighted by Gasteiger charge is -2.06. The van der Waals surface area contributed by atoms with E-state index in [2.05, 4.69) is 9.47 Å². The fourth-order valence-electron chi connectivity index (χ4n) is 0.347. The summed E-state index contributed by atoms with van der Waals surface area (Å²) < 4.78 is 8.63. The van der Waals surface area contributed by atoms with Crippen LogP contribution in [-0.2, 0) is 14.3 Å². The minimum Gasteiger partial charge on any atom is -0.479 e. The van der Waals surface area contributed by atoms with Crippen molar-refractivity contribution in [1.29, 1.82) is 0 Å². The Balaban J connectivity index is 3.66. The Morgan fingerprint density at radius 1 is 1.55 bits per heavy atom. The summed E-state index contributed by atoms with van der Waals surface area (Å²) in [6.45, 7) is 3.02. The van der Waals surface area contributed by atoms with Gasteiger partial charge in [0.05, 0.1) is 6.61 Å². The Kier molecular flexibility index (Phi) is 4.02. The molecule has 0 radical (unpaired) electrons. The van der Waals surface area contributed by atoms with Crippen LogP contribution in [-0.4, -0.2) is 29.9 Å². The summed E-state index contributed by atoms with van der Waals surface area (Å²) in [5.41, 5.74) is 0. The lowest BCUT2D eigenvalue weighted by atomic mass is 10.4. The predicted molar refractivity (Wildman–Crippen MR) is 35.2 cm³/mol. The van der Waals surface area contributed by atoms with Crippen molar-refractivity contribution in [3.63, 3.8) is 0 Å². The molecule has 0 amide bonds. The van der Waals surface area contributed by atoms with Gasteiger partial charge in [-0.05, 0) is 13.8 Å². The van der Waals surface area contributed by atoms with E-state index in [4.69, 9.17) is 5.11 Å². The third-order valence-electron chi connectivity index (χ3n) is 0.883. The van der Waals surface area contributed by atoms with Crippen LogP contribution in [0.25, 0.3) is 0 Å². The number of hydrogen-bond acceptors (Lipinski definition) is 4. The Bertz CT molecular complexity index is 153. The number of hydrogen-bond donors (Lipinski definition) is 1. The molecule has 11 heavy (non-hydrogen) atoms. The van der Waals surface area contributed by atoms with Crippen LogP contribution >= 0.6 is 0 Å². The van der Waals surface area contributed by atoms with Gasteiger partial charge in [-0.15, -0.1) is 0 Å². The molecule has 5 nitrogen and oxygen atoms in total. The van der Waals surface area contributed by atoms with Crippen molar-refractivity contribution in [3.8, 4) is 0 Å². The molecule has 0 saturated heterocycles. The second-order valence-corrected chi connectivity index (χ2v) is 1.78. The first-order chi connectivity index (χ1) is 5.07. The van der Waals surface area contributed by atoms with Gasteiger partial charge in [0.25, 0.3) is 0 Å². The van der Waals surface area contributed by atoms with Gasteiger partial charge >= 0.3 is 12.1 Å². The SMILES string of the molecule is CCOC(=O)O[C@@H](C)C(=O)O. The molecule has 0 aliphatic heterocycles. The van der Waals surface area contributed by atoms with E-state index < -0.39 is 18.2 Å². The first kappa shape index (κ1) is 9.74. The average Bonchev–Trinajstić information content (AvgIpc) is 1.87. The maximum Gasteiger partial charge on any atom is 0.509 e. The third-order valence-corrected chi connectivity index (χ3v) is 0.883. The number of carboxylic acid groups (broad SMARTS) is 1. The summed E-state index contributed by atoms with van der Waals surface area (Å²) in [5.74, 6) is -1.20. The maximum atomic E-state index is 10.5. The molecule has 0 aromatic rings. The standard InChI is InChI=1S/C6H10O5/c1-3-10-6(9)11-4(2)5(7)8/h4H,3H2,1-2H3,(H,7,8)/t4-/m0/s1. The third kappa shape index (κ3) is 4.19. The topological polar surface area (TPSA) is 72.8 Å². The monoisotopic (exact) mass is 162 g/mol. The molecule has 1 N–H and O–H groups in total. The zero-order chi connectivity index (χ0) is 8.85. The molecule has 0 unspecified atom stereocenters. The molecular formula is C6H10O5. The molecule has 0 rings (SSSR count). The highest BCUT2D eigenvalue weighted by molar-refractivity contribution is 5.74. The molecule has 5 heteroatoms. The van der Waals surface area contributed by atoms with Gasteiger partial charge in [0.2, 0.25) is 0 Å². The Labute approximate surface area is 63.9 Å². The lowest BCUT2D eigenvalue weighted by molar-refractivity contribution is -0.147. The van der Waals surface area contributed by atoms with E-state index in [1.54, 1.807) is 6.92 Å². The molecule has 0 saturated carbocycles. The molecule has 64 valence electrons. The van der Waals surface area contributed by atoms with Crippen molar-refractivity contribution in [2.24, 2.45) is 0 Å². The maximum absolute atomic E-state index is 10.5. The van der Waals surface area contributed by atoms with E-state index in [-0.39, 0.29) is 6.61 Å². The molecule has 0 aromatic carbocycles. The van der Waals surface area contributed by atoms with Gasteiger partial charge < -0.3 is 14.6 Å². The quantitative estimate of drug-likeness (QED) is 0.616. The minimum absolute atomic E-state index is 0.172. The van der Waals surface area contributed by atoms with Gasteiger partial charge in [-0.25, -0.2) is 9.59 Å². The van der Waals surface area contributed by atoms with Crippen LogP contribution in [0.4, 0.5) is 4.79 Å². The molecule has 0 spiro atoms. The molecule has 1 atom stereocenters. The second kappa shape index (κ2) is 4.54. The van der Waals surface area contributed by atoms with Crippen LogP contribution in [0, 0.1) is 0 Å². The van der Waals surface area contributed by atoms with Gasteiger partial charge in [-0.3, -0.25) is 0 Å². The molecule has 0 aromatic heterocycles. The van der Waals surface area contributed by atoms with Crippen LogP contribution < -0.4 is 0 Å². The average molecular weight is 162 g/mol.